The molecule has 0 aromatic carbocycles. The quantitative estimate of drug-likeness (QED) is 0.741. The van der Waals surface area contributed by atoms with Crippen molar-refractivity contribution in [2.45, 2.75) is 18.6 Å². The zero-order valence-corrected chi connectivity index (χ0v) is 14.1. The molecule has 6 heteroatoms. The number of likely N-dealkylation sites (N-methyl/N-ethyl adjacent to an activating group) is 1. The second kappa shape index (κ2) is 6.13. The molecular formula is C18H18N4OS. The summed E-state index contributed by atoms with van der Waals surface area (Å²) in [5, 5.41) is 4.14. The van der Waals surface area contributed by atoms with Gasteiger partial charge in [-0.2, -0.15) is 0 Å². The van der Waals surface area contributed by atoms with Crippen molar-refractivity contribution < 1.29 is 4.42 Å². The Balaban J connectivity index is 1.71. The van der Waals surface area contributed by atoms with Crippen LogP contribution in [0.4, 0.5) is 0 Å². The van der Waals surface area contributed by atoms with E-state index in [9.17, 15) is 0 Å². The molecule has 24 heavy (non-hydrogen) atoms. The van der Waals surface area contributed by atoms with Crippen LogP contribution in [0.15, 0.2) is 65.5 Å². The van der Waals surface area contributed by atoms with Gasteiger partial charge in [0.25, 0.3) is 0 Å². The predicted octanol–water partition coefficient (Wildman–Crippen LogP) is 3.13. The minimum Gasteiger partial charge on any atom is -0.467 e. The van der Waals surface area contributed by atoms with Gasteiger partial charge < -0.3 is 19.2 Å². The summed E-state index contributed by atoms with van der Waals surface area (Å²) in [7, 11) is 2.02. The lowest BCUT2D eigenvalue weighted by atomic mass is 10.0. The molecule has 5 nitrogen and oxygen atoms in total. The van der Waals surface area contributed by atoms with E-state index in [0.717, 1.165) is 16.6 Å². The third-order valence-electron chi connectivity index (χ3n) is 4.41. The molecule has 0 aliphatic carbocycles. The standard InChI is InChI=1S/C18H18N4OS/c1-21-17(16(20-18(21)24)14-7-2-3-9-19-14)15-8-4-10-22(15)12-13-6-5-11-23-13/h2-11,16-17H,12H2,1H3,(H,20,24)/t16-,17-/m0/s1. The summed E-state index contributed by atoms with van der Waals surface area (Å²) >= 11 is 5.49. The van der Waals surface area contributed by atoms with E-state index in [0.29, 0.717) is 6.54 Å². The lowest BCUT2D eigenvalue weighted by Crippen LogP contribution is -2.26. The van der Waals surface area contributed by atoms with Crippen LogP contribution in [0, 0.1) is 0 Å². The molecule has 1 N–H and O–H groups in total. The SMILES string of the molecule is CN1C(=S)N[C@@H](c2ccccn2)[C@@H]1c1cccn1Cc1ccco1. The Kier molecular flexibility index (Phi) is 3.82. The van der Waals surface area contributed by atoms with E-state index in [2.05, 4.69) is 38.1 Å². The van der Waals surface area contributed by atoms with E-state index in [1.54, 1.807) is 6.26 Å². The van der Waals surface area contributed by atoms with E-state index < -0.39 is 0 Å². The van der Waals surface area contributed by atoms with E-state index >= 15 is 0 Å². The fourth-order valence-corrected chi connectivity index (χ4v) is 3.48. The molecule has 4 heterocycles. The van der Waals surface area contributed by atoms with Gasteiger partial charge in [0.05, 0.1) is 30.6 Å². The molecular weight excluding hydrogens is 320 g/mol. The van der Waals surface area contributed by atoms with Crippen molar-refractivity contribution in [3.05, 3.63) is 78.3 Å². The Morgan fingerprint density at radius 2 is 2.12 bits per heavy atom. The van der Waals surface area contributed by atoms with Gasteiger partial charge in [-0.25, -0.2) is 0 Å². The van der Waals surface area contributed by atoms with Crippen molar-refractivity contribution in [2.75, 3.05) is 7.05 Å². The molecule has 3 aromatic heterocycles. The summed E-state index contributed by atoms with van der Waals surface area (Å²) in [6.07, 6.45) is 5.59. The average Bonchev–Trinajstić information content (AvgIpc) is 3.32. The van der Waals surface area contributed by atoms with Gasteiger partial charge in [-0.05, 0) is 48.6 Å². The molecule has 1 saturated heterocycles. The number of nitrogens with one attached hydrogen (secondary N) is 1. The molecule has 1 aliphatic heterocycles. The normalized spacial score (nSPS) is 20.4. The molecule has 0 radical (unpaired) electrons. The first-order valence-corrected chi connectivity index (χ1v) is 8.26. The number of thiocarbonyl (C=S) groups is 1. The van der Waals surface area contributed by atoms with Crippen LogP contribution in [0.3, 0.4) is 0 Å². The number of hydrogen-bond donors (Lipinski definition) is 1. The van der Waals surface area contributed by atoms with E-state index in [4.69, 9.17) is 16.6 Å². The van der Waals surface area contributed by atoms with Crippen LogP contribution >= 0.6 is 12.2 Å². The van der Waals surface area contributed by atoms with Crippen LogP contribution in [-0.2, 0) is 6.54 Å². The van der Waals surface area contributed by atoms with Crippen molar-refractivity contribution in [3.8, 4) is 0 Å². The highest BCUT2D eigenvalue weighted by molar-refractivity contribution is 7.80. The lowest BCUT2D eigenvalue weighted by molar-refractivity contribution is 0.348. The molecule has 0 saturated carbocycles. The molecule has 4 rings (SSSR count). The number of furan rings is 1. The van der Waals surface area contributed by atoms with Crippen molar-refractivity contribution in [3.63, 3.8) is 0 Å². The Morgan fingerprint density at radius 1 is 1.21 bits per heavy atom. The molecule has 1 fully saturated rings. The summed E-state index contributed by atoms with van der Waals surface area (Å²) in [5.41, 5.74) is 2.16. The van der Waals surface area contributed by atoms with Crippen LogP contribution < -0.4 is 5.32 Å². The summed E-state index contributed by atoms with van der Waals surface area (Å²) in [6, 6.07) is 14.2. The molecule has 0 bridgehead atoms. The maximum Gasteiger partial charge on any atom is 0.169 e. The fraction of sp³-hybridized carbons (Fsp3) is 0.222. The van der Waals surface area contributed by atoms with Gasteiger partial charge in [-0.3, -0.25) is 4.98 Å². The monoisotopic (exact) mass is 338 g/mol. The predicted molar refractivity (Wildman–Crippen MR) is 95.5 cm³/mol. The Hall–Kier alpha value is -2.60. The molecule has 0 unspecified atom stereocenters. The number of pyridine rings is 1. The number of rotatable bonds is 4. The maximum absolute atomic E-state index is 5.50. The van der Waals surface area contributed by atoms with Crippen LogP contribution in [0.1, 0.15) is 29.2 Å². The van der Waals surface area contributed by atoms with E-state index in [1.807, 2.05) is 43.6 Å². The second-order valence-electron chi connectivity index (χ2n) is 5.88. The molecule has 0 spiro atoms. The fourth-order valence-electron chi connectivity index (χ4n) is 3.24. The maximum atomic E-state index is 5.50. The summed E-state index contributed by atoms with van der Waals surface area (Å²) < 4.78 is 7.70. The highest BCUT2D eigenvalue weighted by atomic mass is 32.1. The number of aromatic nitrogens is 2. The molecule has 2 atom stereocenters. The van der Waals surface area contributed by atoms with Crippen molar-refractivity contribution >= 4 is 17.3 Å². The first-order chi connectivity index (χ1) is 11.7. The Labute approximate surface area is 145 Å². The van der Waals surface area contributed by atoms with Gasteiger partial charge in [0.1, 0.15) is 5.76 Å². The van der Waals surface area contributed by atoms with Crippen LogP contribution in [-0.4, -0.2) is 26.6 Å². The van der Waals surface area contributed by atoms with Crippen molar-refractivity contribution in [1.82, 2.24) is 19.8 Å². The summed E-state index contributed by atoms with van der Waals surface area (Å²) in [6.45, 7) is 0.696. The van der Waals surface area contributed by atoms with Gasteiger partial charge in [0, 0.05) is 25.1 Å². The van der Waals surface area contributed by atoms with E-state index in [1.165, 1.54) is 5.69 Å². The largest absolute Gasteiger partial charge is 0.467 e. The van der Waals surface area contributed by atoms with Gasteiger partial charge in [-0.1, -0.05) is 6.07 Å². The first kappa shape index (κ1) is 15.0. The second-order valence-corrected chi connectivity index (χ2v) is 6.26. The van der Waals surface area contributed by atoms with Crippen LogP contribution in [0.25, 0.3) is 0 Å². The molecule has 3 aromatic rings. The molecule has 1 aliphatic rings. The zero-order valence-electron chi connectivity index (χ0n) is 13.3. The average molecular weight is 338 g/mol. The van der Waals surface area contributed by atoms with Gasteiger partial charge >= 0.3 is 0 Å². The molecule has 122 valence electrons. The highest BCUT2D eigenvalue weighted by Crippen LogP contribution is 2.37. The Bertz CT molecular complexity index is 828. The smallest absolute Gasteiger partial charge is 0.169 e. The zero-order chi connectivity index (χ0) is 16.5. The summed E-state index contributed by atoms with van der Waals surface area (Å²) in [4.78, 5) is 6.62. The topological polar surface area (TPSA) is 46.2 Å². The summed E-state index contributed by atoms with van der Waals surface area (Å²) in [5.74, 6) is 0.929. The van der Waals surface area contributed by atoms with Gasteiger partial charge in [0.2, 0.25) is 0 Å². The van der Waals surface area contributed by atoms with Gasteiger partial charge in [-0.15, -0.1) is 0 Å². The van der Waals surface area contributed by atoms with Gasteiger partial charge in [0.15, 0.2) is 5.11 Å². The molecule has 0 amide bonds. The van der Waals surface area contributed by atoms with Crippen molar-refractivity contribution in [2.24, 2.45) is 0 Å². The minimum atomic E-state index is 0.0222. The minimum absolute atomic E-state index is 0.0222. The van der Waals surface area contributed by atoms with Crippen molar-refractivity contribution in [1.29, 1.82) is 0 Å². The number of hydrogen-bond acceptors (Lipinski definition) is 3. The third kappa shape index (κ3) is 2.59. The first-order valence-electron chi connectivity index (χ1n) is 7.86. The van der Waals surface area contributed by atoms with Crippen LogP contribution in [0.5, 0.6) is 0 Å². The highest BCUT2D eigenvalue weighted by Gasteiger charge is 2.39. The number of nitrogens with zero attached hydrogens (tertiary/aromatic N) is 3. The third-order valence-corrected chi connectivity index (χ3v) is 4.82. The lowest BCUT2D eigenvalue weighted by Gasteiger charge is -2.25. The van der Waals surface area contributed by atoms with Crippen LogP contribution in [0.2, 0.25) is 0 Å². The van der Waals surface area contributed by atoms with E-state index in [-0.39, 0.29) is 12.1 Å². The Morgan fingerprint density at radius 3 is 2.88 bits per heavy atom.